The van der Waals surface area contributed by atoms with E-state index in [1.807, 2.05) is 24.3 Å². The molecule has 0 bridgehead atoms. The summed E-state index contributed by atoms with van der Waals surface area (Å²) in [6.07, 6.45) is 10.1. The van der Waals surface area contributed by atoms with Crippen molar-refractivity contribution in [3.63, 3.8) is 0 Å². The largest absolute Gasteiger partial charge is 0.494 e. The van der Waals surface area contributed by atoms with Gasteiger partial charge in [0, 0.05) is 17.7 Å². The molecule has 1 heterocycles. The minimum atomic E-state index is -0.339. The van der Waals surface area contributed by atoms with Crippen LogP contribution in [-0.2, 0) is 4.74 Å². The van der Waals surface area contributed by atoms with Gasteiger partial charge in [-0.2, -0.15) is 0 Å². The van der Waals surface area contributed by atoms with E-state index >= 15 is 0 Å². The second kappa shape index (κ2) is 15.3. The van der Waals surface area contributed by atoms with Crippen LogP contribution in [-0.4, -0.2) is 26.4 Å². The van der Waals surface area contributed by atoms with E-state index in [2.05, 4.69) is 45.9 Å². The van der Waals surface area contributed by atoms with Gasteiger partial charge in [0.15, 0.2) is 6.10 Å². The second-order valence-corrected chi connectivity index (χ2v) is 9.25. The summed E-state index contributed by atoms with van der Waals surface area (Å²) in [4.78, 5) is 0. The molecule has 0 amide bonds. The fourth-order valence-electron chi connectivity index (χ4n) is 3.84. The van der Waals surface area contributed by atoms with Crippen LogP contribution in [0, 0.1) is 0 Å². The van der Waals surface area contributed by atoms with Gasteiger partial charge < -0.3 is 23.7 Å². The normalized spacial score (nSPS) is 14.4. The maximum absolute atomic E-state index is 6.60. The van der Waals surface area contributed by atoms with E-state index in [1.54, 1.807) is 0 Å². The highest BCUT2D eigenvalue weighted by atomic mass is 16.5. The number of unbranched alkanes of at least 4 members (excludes halogenated alkanes) is 4. The standard InChI is InChI=1S/C31H44O5/c1-5-9-17-32-25-15-13-24(14-16-25)31-30(35-20-12-8-4)23-27-28(34-19-11-7-3)21-26(22-29(27)36-31)33-18-10-6-2/h13-16,21-23,31H,5-12,17-20H2,1-4H3. The molecule has 1 aliphatic rings. The summed E-state index contributed by atoms with van der Waals surface area (Å²) < 4.78 is 31.0. The summed E-state index contributed by atoms with van der Waals surface area (Å²) in [6.45, 7) is 11.4. The Labute approximate surface area is 217 Å². The molecule has 2 aromatic carbocycles. The molecule has 198 valence electrons. The van der Waals surface area contributed by atoms with Gasteiger partial charge in [-0.05, 0) is 43.9 Å². The average Bonchev–Trinajstić information content (AvgIpc) is 2.89. The molecule has 0 aliphatic carbocycles. The first-order chi connectivity index (χ1) is 17.7. The molecular weight excluding hydrogens is 452 g/mol. The third kappa shape index (κ3) is 8.11. The zero-order valence-electron chi connectivity index (χ0n) is 22.6. The summed E-state index contributed by atoms with van der Waals surface area (Å²) >= 11 is 0. The Hall–Kier alpha value is -2.82. The monoisotopic (exact) mass is 496 g/mol. The number of rotatable bonds is 17. The first kappa shape index (κ1) is 27.8. The number of benzene rings is 2. The zero-order valence-corrected chi connectivity index (χ0v) is 22.6. The van der Waals surface area contributed by atoms with Gasteiger partial charge in [0.2, 0.25) is 0 Å². The van der Waals surface area contributed by atoms with Gasteiger partial charge in [0.1, 0.15) is 28.8 Å². The van der Waals surface area contributed by atoms with Gasteiger partial charge in [-0.3, -0.25) is 0 Å². The lowest BCUT2D eigenvalue weighted by Crippen LogP contribution is -2.18. The average molecular weight is 497 g/mol. The second-order valence-electron chi connectivity index (χ2n) is 9.25. The molecule has 0 spiro atoms. The predicted octanol–water partition coefficient (Wildman–Crippen LogP) is 8.51. The van der Waals surface area contributed by atoms with Crippen LogP contribution >= 0.6 is 0 Å². The molecule has 5 nitrogen and oxygen atoms in total. The van der Waals surface area contributed by atoms with Crippen LogP contribution in [0.5, 0.6) is 23.0 Å². The molecule has 36 heavy (non-hydrogen) atoms. The predicted molar refractivity (Wildman–Crippen MR) is 146 cm³/mol. The Morgan fingerprint density at radius 2 is 1.19 bits per heavy atom. The van der Waals surface area contributed by atoms with Crippen molar-refractivity contribution in [2.45, 2.75) is 85.2 Å². The zero-order chi connectivity index (χ0) is 25.6. The Morgan fingerprint density at radius 1 is 0.639 bits per heavy atom. The maximum Gasteiger partial charge on any atom is 0.180 e. The summed E-state index contributed by atoms with van der Waals surface area (Å²) in [5.74, 6) is 3.99. The summed E-state index contributed by atoms with van der Waals surface area (Å²) in [6, 6.07) is 12.1. The summed E-state index contributed by atoms with van der Waals surface area (Å²) in [5, 5.41) is 0. The van der Waals surface area contributed by atoms with Gasteiger partial charge in [-0.1, -0.05) is 65.5 Å². The smallest absolute Gasteiger partial charge is 0.180 e. The van der Waals surface area contributed by atoms with Crippen molar-refractivity contribution in [2.24, 2.45) is 0 Å². The molecule has 3 rings (SSSR count). The highest BCUT2D eigenvalue weighted by Gasteiger charge is 2.29. The minimum absolute atomic E-state index is 0.339. The van der Waals surface area contributed by atoms with Crippen LogP contribution in [0.15, 0.2) is 42.2 Å². The number of hydrogen-bond donors (Lipinski definition) is 0. The molecular formula is C31H44O5. The van der Waals surface area contributed by atoms with Crippen LogP contribution in [0.25, 0.3) is 6.08 Å². The van der Waals surface area contributed by atoms with Gasteiger partial charge in [0.25, 0.3) is 0 Å². The Morgan fingerprint density at radius 3 is 1.81 bits per heavy atom. The van der Waals surface area contributed by atoms with Crippen molar-refractivity contribution < 1.29 is 23.7 Å². The highest BCUT2D eigenvalue weighted by Crippen LogP contribution is 2.44. The van der Waals surface area contributed by atoms with Gasteiger partial charge in [-0.15, -0.1) is 0 Å². The Kier molecular flexibility index (Phi) is 11.8. The molecule has 0 fully saturated rings. The molecule has 0 aromatic heterocycles. The molecule has 0 saturated heterocycles. The van der Waals surface area contributed by atoms with Crippen LogP contribution in [0.4, 0.5) is 0 Å². The first-order valence-corrected chi connectivity index (χ1v) is 13.9. The first-order valence-electron chi connectivity index (χ1n) is 13.9. The quantitative estimate of drug-likeness (QED) is 0.205. The van der Waals surface area contributed by atoms with E-state index in [0.29, 0.717) is 19.8 Å². The van der Waals surface area contributed by atoms with E-state index in [1.165, 1.54) is 0 Å². The van der Waals surface area contributed by atoms with Crippen molar-refractivity contribution in [3.05, 3.63) is 53.3 Å². The highest BCUT2D eigenvalue weighted by molar-refractivity contribution is 5.70. The van der Waals surface area contributed by atoms with Crippen LogP contribution < -0.4 is 18.9 Å². The molecule has 0 radical (unpaired) electrons. The topological polar surface area (TPSA) is 46.2 Å². The fraction of sp³-hybridized carbons (Fsp3) is 0.548. The van der Waals surface area contributed by atoms with E-state index in [9.17, 15) is 0 Å². The summed E-state index contributed by atoms with van der Waals surface area (Å²) in [5.41, 5.74) is 1.94. The maximum atomic E-state index is 6.60. The molecule has 2 aromatic rings. The van der Waals surface area contributed by atoms with Gasteiger partial charge >= 0.3 is 0 Å². The van der Waals surface area contributed by atoms with E-state index < -0.39 is 0 Å². The summed E-state index contributed by atoms with van der Waals surface area (Å²) in [7, 11) is 0. The third-order valence-corrected chi connectivity index (χ3v) is 6.11. The minimum Gasteiger partial charge on any atom is -0.494 e. The Balaban J connectivity index is 1.91. The Bertz CT molecular complexity index is 935. The van der Waals surface area contributed by atoms with Crippen molar-refractivity contribution in [3.8, 4) is 23.0 Å². The van der Waals surface area contributed by atoms with E-state index in [0.717, 1.165) is 97.9 Å². The lowest BCUT2D eigenvalue weighted by molar-refractivity contribution is 0.113. The van der Waals surface area contributed by atoms with E-state index in [4.69, 9.17) is 23.7 Å². The van der Waals surface area contributed by atoms with Gasteiger partial charge in [-0.25, -0.2) is 0 Å². The van der Waals surface area contributed by atoms with Crippen molar-refractivity contribution in [1.29, 1.82) is 0 Å². The molecule has 5 heteroatoms. The van der Waals surface area contributed by atoms with Crippen molar-refractivity contribution >= 4 is 6.08 Å². The lowest BCUT2D eigenvalue weighted by Gasteiger charge is -2.29. The third-order valence-electron chi connectivity index (χ3n) is 6.11. The number of ether oxygens (including phenoxy) is 5. The van der Waals surface area contributed by atoms with Crippen LogP contribution in [0.3, 0.4) is 0 Å². The van der Waals surface area contributed by atoms with Crippen molar-refractivity contribution in [2.75, 3.05) is 26.4 Å². The molecule has 0 N–H and O–H groups in total. The molecule has 1 unspecified atom stereocenters. The van der Waals surface area contributed by atoms with Crippen LogP contribution in [0.1, 0.15) is 96.3 Å². The van der Waals surface area contributed by atoms with E-state index in [-0.39, 0.29) is 6.10 Å². The molecule has 1 atom stereocenters. The fourth-order valence-corrected chi connectivity index (χ4v) is 3.84. The lowest BCUT2D eigenvalue weighted by atomic mass is 10.0. The van der Waals surface area contributed by atoms with Crippen LogP contribution in [0.2, 0.25) is 0 Å². The SMILES string of the molecule is CCCCOC1=Cc2c(OCCCC)cc(OCCCC)cc2OC1c1ccc(OCCCC)cc1. The van der Waals surface area contributed by atoms with Crippen molar-refractivity contribution in [1.82, 2.24) is 0 Å². The number of fused-ring (bicyclic) bond motifs is 1. The number of hydrogen-bond acceptors (Lipinski definition) is 5. The molecule has 1 aliphatic heterocycles. The molecule has 0 saturated carbocycles. The van der Waals surface area contributed by atoms with Gasteiger partial charge in [0.05, 0.1) is 32.0 Å².